The Morgan fingerprint density at radius 3 is 2.62 bits per heavy atom. The molecule has 7 nitrogen and oxygen atoms in total. The molecule has 0 unspecified atom stereocenters. The van der Waals surface area contributed by atoms with Gasteiger partial charge < -0.3 is 5.32 Å². The Kier molecular flexibility index (Phi) is 4.85. The van der Waals surface area contributed by atoms with E-state index in [-0.39, 0.29) is 11.3 Å². The van der Waals surface area contributed by atoms with Crippen LogP contribution in [0.25, 0.3) is 16.9 Å². The lowest BCUT2D eigenvalue weighted by molar-refractivity contribution is -0.385. The number of carbonyl (C=O) groups excluding carboxylic acids is 1. The number of nitro benzene ring substituents is 1. The third kappa shape index (κ3) is 3.50. The van der Waals surface area contributed by atoms with Crippen molar-refractivity contribution >= 4 is 39.0 Å². The van der Waals surface area contributed by atoms with Crippen molar-refractivity contribution in [3.05, 3.63) is 92.6 Å². The van der Waals surface area contributed by atoms with Gasteiger partial charge in [-0.1, -0.05) is 36.4 Å². The number of aromatic nitrogens is 2. The topological polar surface area (TPSA) is 89.5 Å². The van der Waals surface area contributed by atoms with Gasteiger partial charge >= 0.3 is 0 Å². The average Bonchev–Trinajstić information content (AvgIpc) is 3.08. The zero-order valence-electron chi connectivity index (χ0n) is 15.3. The summed E-state index contributed by atoms with van der Waals surface area (Å²) < 4.78 is 2.12. The predicted octanol–water partition coefficient (Wildman–Crippen LogP) is 5.23. The quantitative estimate of drug-likeness (QED) is 0.340. The molecule has 4 aromatic rings. The van der Waals surface area contributed by atoms with Crippen LogP contribution in [0.1, 0.15) is 15.9 Å². The summed E-state index contributed by atoms with van der Waals surface area (Å²) in [6.45, 7) is 1.95. The molecule has 0 saturated heterocycles. The number of carbonyl (C=O) groups is 1. The molecule has 8 heteroatoms. The number of nitrogens with zero attached hydrogens (tertiary/aromatic N) is 3. The Bertz CT molecular complexity index is 1250. The number of aryl methyl sites for hydroxylation is 1. The van der Waals surface area contributed by atoms with Crippen molar-refractivity contribution in [1.29, 1.82) is 0 Å². The number of hydrogen-bond donors (Lipinski definition) is 1. The number of imidazole rings is 1. The normalized spacial score (nSPS) is 10.8. The molecule has 2 aromatic heterocycles. The first kappa shape index (κ1) is 18.8. The van der Waals surface area contributed by atoms with Crippen LogP contribution in [0.15, 0.2) is 71.3 Å². The molecular formula is C21H15BrN4O3. The fourth-order valence-electron chi connectivity index (χ4n) is 3.09. The summed E-state index contributed by atoms with van der Waals surface area (Å²) in [6.07, 6.45) is 1.82. The minimum absolute atomic E-state index is 0.171. The minimum Gasteiger partial charge on any atom is -0.306 e. The second kappa shape index (κ2) is 7.48. The van der Waals surface area contributed by atoms with Crippen molar-refractivity contribution in [2.45, 2.75) is 6.92 Å². The highest BCUT2D eigenvalue weighted by Gasteiger charge is 2.20. The molecule has 4 rings (SSSR count). The van der Waals surface area contributed by atoms with Gasteiger partial charge in [0.25, 0.3) is 11.6 Å². The highest BCUT2D eigenvalue weighted by atomic mass is 79.9. The Labute approximate surface area is 174 Å². The van der Waals surface area contributed by atoms with E-state index in [9.17, 15) is 14.9 Å². The first-order valence-corrected chi connectivity index (χ1v) is 9.53. The number of anilines is 1. The standard InChI is InChI=1S/C21H15BrN4O3/c1-13-6-5-11-25-19(13)23-18(14-7-3-2-4-8-14)20(25)24-21(27)15-9-10-16(22)17(12-15)26(28)29/h2-12H,1H3,(H,24,27). The van der Waals surface area contributed by atoms with Crippen molar-refractivity contribution < 1.29 is 9.72 Å². The number of rotatable bonds is 4. The first-order valence-electron chi connectivity index (χ1n) is 8.74. The lowest BCUT2D eigenvalue weighted by atomic mass is 10.1. The molecule has 0 saturated carbocycles. The van der Waals surface area contributed by atoms with E-state index < -0.39 is 10.8 Å². The van der Waals surface area contributed by atoms with E-state index >= 15 is 0 Å². The number of nitrogens with one attached hydrogen (secondary N) is 1. The number of hydrogen-bond acceptors (Lipinski definition) is 4. The van der Waals surface area contributed by atoms with Crippen LogP contribution in [-0.4, -0.2) is 20.2 Å². The molecule has 0 aliphatic carbocycles. The van der Waals surface area contributed by atoms with Crippen molar-refractivity contribution in [3.8, 4) is 11.3 Å². The summed E-state index contributed by atoms with van der Waals surface area (Å²) in [5.41, 5.74) is 3.18. The number of pyridine rings is 1. The molecule has 0 fully saturated rings. The molecule has 0 aliphatic heterocycles. The molecule has 1 amide bonds. The summed E-state index contributed by atoms with van der Waals surface area (Å²) in [6, 6.07) is 17.6. The van der Waals surface area contributed by atoms with E-state index in [4.69, 9.17) is 4.98 Å². The van der Waals surface area contributed by atoms with Crippen LogP contribution < -0.4 is 5.32 Å². The molecule has 2 heterocycles. The Morgan fingerprint density at radius 1 is 1.14 bits per heavy atom. The maximum Gasteiger partial charge on any atom is 0.284 e. The van der Waals surface area contributed by atoms with Gasteiger partial charge in [0.2, 0.25) is 0 Å². The fraction of sp³-hybridized carbons (Fsp3) is 0.0476. The number of benzene rings is 2. The third-order valence-electron chi connectivity index (χ3n) is 4.53. The highest BCUT2D eigenvalue weighted by molar-refractivity contribution is 9.10. The van der Waals surface area contributed by atoms with Crippen molar-refractivity contribution in [2.75, 3.05) is 5.32 Å². The summed E-state index contributed by atoms with van der Waals surface area (Å²) >= 11 is 3.14. The van der Waals surface area contributed by atoms with E-state index in [0.29, 0.717) is 16.0 Å². The molecule has 0 aliphatic rings. The Morgan fingerprint density at radius 2 is 1.90 bits per heavy atom. The maximum absolute atomic E-state index is 12.9. The molecule has 0 spiro atoms. The maximum atomic E-state index is 12.9. The van der Waals surface area contributed by atoms with Gasteiger partial charge in [-0.3, -0.25) is 19.3 Å². The van der Waals surface area contributed by atoms with E-state index in [1.165, 1.54) is 18.2 Å². The van der Waals surface area contributed by atoms with E-state index in [2.05, 4.69) is 21.2 Å². The number of fused-ring (bicyclic) bond motifs is 1. The van der Waals surface area contributed by atoms with Gasteiger partial charge in [-0.2, -0.15) is 0 Å². The minimum atomic E-state index is -0.534. The summed E-state index contributed by atoms with van der Waals surface area (Å²) in [5.74, 6) is 0.0477. The fourth-order valence-corrected chi connectivity index (χ4v) is 3.49. The van der Waals surface area contributed by atoms with Crippen LogP contribution >= 0.6 is 15.9 Å². The van der Waals surface area contributed by atoms with Crippen LogP contribution in [0, 0.1) is 17.0 Å². The van der Waals surface area contributed by atoms with E-state index in [1.54, 1.807) is 0 Å². The first-order chi connectivity index (χ1) is 14.0. The van der Waals surface area contributed by atoms with Gasteiger partial charge in [-0.25, -0.2) is 4.98 Å². The number of halogens is 1. The summed E-state index contributed by atoms with van der Waals surface area (Å²) in [5, 5.41) is 14.1. The summed E-state index contributed by atoms with van der Waals surface area (Å²) in [7, 11) is 0. The van der Waals surface area contributed by atoms with E-state index in [1.807, 2.05) is 60.0 Å². The molecule has 2 aromatic carbocycles. The second-order valence-corrected chi connectivity index (χ2v) is 7.29. The van der Waals surface area contributed by atoms with Crippen LogP contribution in [-0.2, 0) is 0 Å². The lowest BCUT2D eigenvalue weighted by Crippen LogP contribution is -2.14. The van der Waals surface area contributed by atoms with Crippen molar-refractivity contribution in [2.24, 2.45) is 0 Å². The van der Waals surface area contributed by atoms with Gasteiger partial charge in [0, 0.05) is 23.4 Å². The molecule has 0 bridgehead atoms. The Hall–Kier alpha value is -3.52. The zero-order valence-corrected chi connectivity index (χ0v) is 16.9. The number of nitro groups is 1. The molecule has 29 heavy (non-hydrogen) atoms. The van der Waals surface area contributed by atoms with Gasteiger partial charge in [-0.05, 0) is 46.6 Å². The van der Waals surface area contributed by atoms with Crippen LogP contribution in [0.3, 0.4) is 0 Å². The zero-order chi connectivity index (χ0) is 20.5. The van der Waals surface area contributed by atoms with Crippen LogP contribution in [0.5, 0.6) is 0 Å². The van der Waals surface area contributed by atoms with Crippen molar-refractivity contribution in [3.63, 3.8) is 0 Å². The summed E-state index contributed by atoms with van der Waals surface area (Å²) in [4.78, 5) is 28.3. The van der Waals surface area contributed by atoms with Gasteiger partial charge in [0.05, 0.1) is 9.40 Å². The Balaban J connectivity index is 1.82. The smallest absolute Gasteiger partial charge is 0.284 e. The van der Waals surface area contributed by atoms with Crippen LogP contribution in [0.2, 0.25) is 0 Å². The predicted molar refractivity (Wildman–Crippen MR) is 114 cm³/mol. The molecule has 1 N–H and O–H groups in total. The SMILES string of the molecule is Cc1cccn2c(NC(=O)c3ccc(Br)c([N+](=O)[O-])c3)c(-c3ccccc3)nc12. The number of amides is 1. The highest BCUT2D eigenvalue weighted by Crippen LogP contribution is 2.31. The molecular weight excluding hydrogens is 436 g/mol. The van der Waals surface area contributed by atoms with Gasteiger partial charge in [0.15, 0.2) is 0 Å². The second-order valence-electron chi connectivity index (χ2n) is 6.44. The largest absolute Gasteiger partial charge is 0.306 e. The third-order valence-corrected chi connectivity index (χ3v) is 5.20. The average molecular weight is 451 g/mol. The lowest BCUT2D eigenvalue weighted by Gasteiger charge is -2.08. The molecule has 0 radical (unpaired) electrons. The van der Waals surface area contributed by atoms with Crippen molar-refractivity contribution in [1.82, 2.24) is 9.38 Å². The molecule has 0 atom stereocenters. The van der Waals surface area contributed by atoms with Gasteiger partial charge in [-0.15, -0.1) is 0 Å². The van der Waals surface area contributed by atoms with Gasteiger partial charge in [0.1, 0.15) is 17.2 Å². The van der Waals surface area contributed by atoms with E-state index in [0.717, 1.165) is 16.8 Å². The monoisotopic (exact) mass is 450 g/mol. The molecule has 144 valence electrons. The van der Waals surface area contributed by atoms with Crippen LogP contribution in [0.4, 0.5) is 11.5 Å².